The molecule has 0 amide bonds. The molecular formula is C14H11FN2O2. The number of H-pyrrole nitrogens is 1. The van der Waals surface area contributed by atoms with E-state index in [1.54, 1.807) is 37.4 Å². The summed E-state index contributed by atoms with van der Waals surface area (Å²) in [6.07, 6.45) is 0. The summed E-state index contributed by atoms with van der Waals surface area (Å²) in [4.78, 5) is 14.8. The largest absolute Gasteiger partial charge is 0.494 e. The Morgan fingerprint density at radius 2 is 1.89 bits per heavy atom. The molecular weight excluding hydrogens is 247 g/mol. The number of aromatic nitrogens is 2. The van der Waals surface area contributed by atoms with Gasteiger partial charge in [-0.1, -0.05) is 6.07 Å². The second-order valence-corrected chi connectivity index (χ2v) is 4.10. The SMILES string of the molecule is COc1cccc2[nH]c(=O)n(-c3ccc(F)cc3)c12. The topological polar surface area (TPSA) is 47.0 Å². The molecule has 4 nitrogen and oxygen atoms in total. The lowest BCUT2D eigenvalue weighted by molar-refractivity contribution is 0.418. The lowest BCUT2D eigenvalue weighted by Crippen LogP contribution is -2.14. The average molecular weight is 258 g/mol. The molecule has 1 N–H and O–H groups in total. The highest BCUT2D eigenvalue weighted by Gasteiger charge is 2.12. The number of benzene rings is 2. The summed E-state index contributed by atoms with van der Waals surface area (Å²) in [5.41, 5.74) is 1.61. The van der Waals surface area contributed by atoms with Gasteiger partial charge in [-0.25, -0.2) is 9.18 Å². The van der Waals surface area contributed by atoms with E-state index in [0.29, 0.717) is 22.5 Å². The molecule has 3 rings (SSSR count). The number of rotatable bonds is 2. The molecule has 2 aromatic carbocycles. The van der Waals surface area contributed by atoms with Crippen LogP contribution in [0.4, 0.5) is 4.39 Å². The third-order valence-electron chi connectivity index (χ3n) is 2.97. The first kappa shape index (κ1) is 11.5. The molecule has 3 aromatic rings. The average Bonchev–Trinajstić information content (AvgIpc) is 2.75. The Morgan fingerprint density at radius 3 is 2.58 bits per heavy atom. The first-order valence-electron chi connectivity index (χ1n) is 5.74. The van der Waals surface area contributed by atoms with Crippen molar-refractivity contribution in [1.29, 1.82) is 0 Å². The molecule has 0 unspecified atom stereocenters. The number of hydrogen-bond donors (Lipinski definition) is 1. The first-order chi connectivity index (χ1) is 9.20. The van der Waals surface area contributed by atoms with Crippen molar-refractivity contribution in [1.82, 2.24) is 9.55 Å². The van der Waals surface area contributed by atoms with Crippen LogP contribution < -0.4 is 10.4 Å². The van der Waals surface area contributed by atoms with Gasteiger partial charge in [-0.3, -0.25) is 4.57 Å². The van der Waals surface area contributed by atoms with Crippen molar-refractivity contribution in [3.05, 3.63) is 58.8 Å². The van der Waals surface area contributed by atoms with Crippen LogP contribution >= 0.6 is 0 Å². The van der Waals surface area contributed by atoms with E-state index in [1.807, 2.05) is 0 Å². The van der Waals surface area contributed by atoms with Gasteiger partial charge >= 0.3 is 5.69 Å². The first-order valence-corrected chi connectivity index (χ1v) is 5.74. The molecule has 0 aliphatic carbocycles. The summed E-state index contributed by atoms with van der Waals surface area (Å²) < 4.78 is 19.7. The summed E-state index contributed by atoms with van der Waals surface area (Å²) in [7, 11) is 1.54. The van der Waals surface area contributed by atoms with Crippen LogP contribution in [0, 0.1) is 5.82 Å². The van der Waals surface area contributed by atoms with E-state index in [0.717, 1.165) is 0 Å². The van der Waals surface area contributed by atoms with Crippen LogP contribution in [0.2, 0.25) is 0 Å². The molecule has 96 valence electrons. The minimum atomic E-state index is -0.344. The zero-order valence-corrected chi connectivity index (χ0v) is 10.2. The second kappa shape index (κ2) is 4.28. The number of para-hydroxylation sites is 1. The highest BCUT2D eigenvalue weighted by Crippen LogP contribution is 2.25. The smallest absolute Gasteiger partial charge is 0.331 e. The molecule has 0 saturated heterocycles. The Kier molecular flexibility index (Phi) is 2.59. The van der Waals surface area contributed by atoms with Crippen molar-refractivity contribution in [3.63, 3.8) is 0 Å². The van der Waals surface area contributed by atoms with Gasteiger partial charge in [0, 0.05) is 0 Å². The summed E-state index contributed by atoms with van der Waals surface area (Å²) in [5, 5.41) is 0. The van der Waals surface area contributed by atoms with E-state index in [9.17, 15) is 9.18 Å². The zero-order valence-electron chi connectivity index (χ0n) is 10.2. The molecule has 0 spiro atoms. The molecule has 0 atom stereocenters. The summed E-state index contributed by atoms with van der Waals surface area (Å²) in [6.45, 7) is 0. The van der Waals surface area contributed by atoms with E-state index >= 15 is 0 Å². The fraction of sp³-hybridized carbons (Fsp3) is 0.0714. The van der Waals surface area contributed by atoms with E-state index in [4.69, 9.17) is 4.74 Å². The minimum Gasteiger partial charge on any atom is -0.494 e. The van der Waals surface area contributed by atoms with Gasteiger partial charge in [0.1, 0.15) is 17.1 Å². The molecule has 0 aliphatic heterocycles. The maximum absolute atomic E-state index is 13.0. The van der Waals surface area contributed by atoms with Gasteiger partial charge in [-0.15, -0.1) is 0 Å². The van der Waals surface area contributed by atoms with E-state index < -0.39 is 0 Å². The number of nitrogens with one attached hydrogen (secondary N) is 1. The Labute approximate surface area is 108 Å². The summed E-state index contributed by atoms with van der Waals surface area (Å²) >= 11 is 0. The number of imidazole rings is 1. The normalized spacial score (nSPS) is 10.8. The Bertz CT molecular complexity index is 787. The van der Waals surface area contributed by atoms with Crippen LogP contribution in [0.3, 0.4) is 0 Å². The van der Waals surface area contributed by atoms with Crippen molar-refractivity contribution >= 4 is 11.0 Å². The second-order valence-electron chi connectivity index (χ2n) is 4.10. The highest BCUT2D eigenvalue weighted by molar-refractivity contribution is 5.83. The molecule has 0 bridgehead atoms. The Morgan fingerprint density at radius 1 is 1.16 bits per heavy atom. The number of halogens is 1. The number of hydrogen-bond acceptors (Lipinski definition) is 2. The van der Waals surface area contributed by atoms with Crippen molar-refractivity contribution in [2.75, 3.05) is 7.11 Å². The van der Waals surface area contributed by atoms with Crippen LogP contribution in [0.15, 0.2) is 47.3 Å². The van der Waals surface area contributed by atoms with Gasteiger partial charge in [-0.2, -0.15) is 0 Å². The van der Waals surface area contributed by atoms with Gasteiger partial charge in [0.15, 0.2) is 0 Å². The highest BCUT2D eigenvalue weighted by atomic mass is 19.1. The minimum absolute atomic E-state index is 0.286. The van der Waals surface area contributed by atoms with E-state index in [-0.39, 0.29) is 11.5 Å². The maximum Gasteiger partial charge on any atom is 0.331 e. The zero-order chi connectivity index (χ0) is 13.4. The number of fused-ring (bicyclic) bond motifs is 1. The van der Waals surface area contributed by atoms with Gasteiger partial charge in [-0.05, 0) is 36.4 Å². The third-order valence-corrected chi connectivity index (χ3v) is 2.97. The van der Waals surface area contributed by atoms with E-state index in [1.165, 1.54) is 16.7 Å². The van der Waals surface area contributed by atoms with Gasteiger partial charge in [0.05, 0.1) is 18.3 Å². The van der Waals surface area contributed by atoms with Crippen molar-refractivity contribution in [3.8, 4) is 11.4 Å². The summed E-state index contributed by atoms with van der Waals surface area (Å²) in [6, 6.07) is 11.1. The molecule has 19 heavy (non-hydrogen) atoms. The molecule has 0 fully saturated rings. The Hall–Kier alpha value is -2.56. The Balaban J connectivity index is 2.37. The van der Waals surface area contributed by atoms with Crippen molar-refractivity contribution in [2.45, 2.75) is 0 Å². The molecule has 0 radical (unpaired) electrons. The standard InChI is InChI=1S/C14H11FN2O2/c1-19-12-4-2-3-11-13(12)17(14(18)16-11)10-7-5-9(15)6-8-10/h2-8H,1H3,(H,16,18). The number of aromatic amines is 1. The van der Waals surface area contributed by atoms with Crippen LogP contribution in [0.5, 0.6) is 5.75 Å². The van der Waals surface area contributed by atoms with Crippen molar-refractivity contribution in [2.24, 2.45) is 0 Å². The van der Waals surface area contributed by atoms with Gasteiger partial charge in [0.25, 0.3) is 0 Å². The number of methoxy groups -OCH3 is 1. The number of nitrogens with zero attached hydrogens (tertiary/aromatic N) is 1. The summed E-state index contributed by atoms with van der Waals surface area (Å²) in [5.74, 6) is 0.240. The van der Waals surface area contributed by atoms with Crippen LogP contribution in [0.1, 0.15) is 0 Å². The van der Waals surface area contributed by atoms with Gasteiger partial charge < -0.3 is 9.72 Å². The lowest BCUT2D eigenvalue weighted by Gasteiger charge is -2.06. The fourth-order valence-electron chi connectivity index (χ4n) is 2.13. The lowest BCUT2D eigenvalue weighted by atomic mass is 10.2. The van der Waals surface area contributed by atoms with Crippen molar-refractivity contribution < 1.29 is 9.13 Å². The molecule has 1 aromatic heterocycles. The monoisotopic (exact) mass is 258 g/mol. The fourth-order valence-corrected chi connectivity index (χ4v) is 2.13. The third kappa shape index (κ3) is 1.79. The predicted molar refractivity (Wildman–Crippen MR) is 70.4 cm³/mol. The predicted octanol–water partition coefficient (Wildman–Crippen LogP) is 2.47. The quantitative estimate of drug-likeness (QED) is 0.767. The molecule has 0 aliphatic rings. The molecule has 1 heterocycles. The number of ether oxygens (including phenoxy) is 1. The van der Waals surface area contributed by atoms with E-state index in [2.05, 4.69) is 4.98 Å². The van der Waals surface area contributed by atoms with Crippen LogP contribution in [-0.2, 0) is 0 Å². The van der Waals surface area contributed by atoms with Crippen LogP contribution in [0.25, 0.3) is 16.7 Å². The molecule has 0 saturated carbocycles. The maximum atomic E-state index is 13.0. The van der Waals surface area contributed by atoms with Crippen LogP contribution in [-0.4, -0.2) is 16.7 Å². The molecule has 5 heteroatoms. The van der Waals surface area contributed by atoms with Gasteiger partial charge in [0.2, 0.25) is 0 Å².